The molecule has 190 valence electrons. The Morgan fingerprint density at radius 1 is 1.14 bits per heavy atom. The van der Waals surface area contributed by atoms with Crippen LogP contribution in [0.1, 0.15) is 19.4 Å². The lowest BCUT2D eigenvalue weighted by Gasteiger charge is -2.30. The summed E-state index contributed by atoms with van der Waals surface area (Å²) in [5.74, 6) is 0.154. The average Bonchev–Trinajstić information content (AvgIpc) is 3.12. The summed E-state index contributed by atoms with van der Waals surface area (Å²) in [4.78, 5) is 41.6. The fraction of sp³-hybridized carbons (Fsp3) is 0.346. The van der Waals surface area contributed by atoms with Gasteiger partial charge in [-0.15, -0.1) is 0 Å². The van der Waals surface area contributed by atoms with Crippen molar-refractivity contribution in [3.8, 4) is 11.5 Å². The van der Waals surface area contributed by atoms with E-state index in [4.69, 9.17) is 14.2 Å². The van der Waals surface area contributed by atoms with Gasteiger partial charge in [-0.05, 0) is 61.5 Å². The van der Waals surface area contributed by atoms with E-state index in [0.29, 0.717) is 36.0 Å². The van der Waals surface area contributed by atoms with E-state index in [1.54, 1.807) is 30.3 Å². The number of carbonyl (C=O) groups excluding carboxylic acids is 3. The number of benzene rings is 2. The third kappa shape index (κ3) is 6.00. The van der Waals surface area contributed by atoms with Crippen LogP contribution in [-0.2, 0) is 14.3 Å². The highest BCUT2D eigenvalue weighted by atomic mass is 32.2. The number of thioether (sulfide) groups is 1. The van der Waals surface area contributed by atoms with Crippen LogP contribution >= 0.6 is 11.8 Å². The van der Waals surface area contributed by atoms with Crippen LogP contribution in [0.5, 0.6) is 11.5 Å². The predicted octanol–water partition coefficient (Wildman–Crippen LogP) is 3.99. The minimum Gasteiger partial charge on any atom is -0.493 e. The summed E-state index contributed by atoms with van der Waals surface area (Å²) in [6.07, 6.45) is 1.59. The standard InChI is InChI=1S/C26H29N3O6S/c1-17(2)35-21-9-8-18(14-22(21)33-3)15-23-25(31)29(26(32)36-23)16-24(30)27-19-6-4-5-7-20(19)28-10-12-34-13-11-28/h4-9,14-15,17H,10-13,16H2,1-3H3,(H,27,30)/b23-15-. The lowest BCUT2D eigenvalue weighted by molar-refractivity contribution is -0.127. The van der Waals surface area contributed by atoms with Gasteiger partial charge in [-0.3, -0.25) is 19.3 Å². The Balaban J connectivity index is 1.44. The van der Waals surface area contributed by atoms with Gasteiger partial charge in [0.05, 0.1) is 42.7 Å². The highest BCUT2D eigenvalue weighted by Crippen LogP contribution is 2.35. The number of nitrogens with one attached hydrogen (secondary N) is 1. The number of morpholine rings is 1. The van der Waals surface area contributed by atoms with Crippen molar-refractivity contribution in [3.05, 3.63) is 52.9 Å². The Hall–Kier alpha value is -3.50. The Bertz CT molecular complexity index is 1180. The second-order valence-corrected chi connectivity index (χ2v) is 9.50. The zero-order chi connectivity index (χ0) is 25.7. The van der Waals surface area contributed by atoms with Crippen LogP contribution in [-0.4, -0.2) is 68.0 Å². The van der Waals surface area contributed by atoms with Crippen LogP contribution in [0.25, 0.3) is 6.08 Å². The molecule has 2 aliphatic heterocycles. The summed E-state index contributed by atoms with van der Waals surface area (Å²) in [6.45, 7) is 6.13. The van der Waals surface area contributed by atoms with Crippen molar-refractivity contribution in [3.63, 3.8) is 0 Å². The molecule has 0 aromatic heterocycles. The van der Waals surface area contributed by atoms with Crippen molar-refractivity contribution in [2.75, 3.05) is 50.2 Å². The van der Waals surface area contributed by atoms with Crippen molar-refractivity contribution in [2.24, 2.45) is 0 Å². The molecule has 0 saturated carbocycles. The van der Waals surface area contributed by atoms with Crippen LogP contribution in [0.3, 0.4) is 0 Å². The molecule has 2 aromatic carbocycles. The fourth-order valence-electron chi connectivity index (χ4n) is 3.91. The molecule has 10 heteroatoms. The van der Waals surface area contributed by atoms with Gasteiger partial charge in [0.2, 0.25) is 5.91 Å². The zero-order valence-electron chi connectivity index (χ0n) is 20.5. The Morgan fingerprint density at radius 3 is 2.61 bits per heavy atom. The number of rotatable bonds is 8. The largest absolute Gasteiger partial charge is 0.493 e. The number of para-hydroxylation sites is 2. The first-order valence-corrected chi connectivity index (χ1v) is 12.5. The predicted molar refractivity (Wildman–Crippen MR) is 140 cm³/mol. The van der Waals surface area contributed by atoms with Gasteiger partial charge in [0.15, 0.2) is 11.5 Å². The number of nitrogens with zero attached hydrogens (tertiary/aromatic N) is 2. The number of methoxy groups -OCH3 is 1. The summed E-state index contributed by atoms with van der Waals surface area (Å²) in [5, 5.41) is 2.36. The molecular weight excluding hydrogens is 482 g/mol. The minimum atomic E-state index is -0.511. The molecular formula is C26H29N3O6S. The van der Waals surface area contributed by atoms with Crippen LogP contribution in [0.2, 0.25) is 0 Å². The van der Waals surface area contributed by atoms with E-state index >= 15 is 0 Å². The van der Waals surface area contributed by atoms with Gasteiger partial charge >= 0.3 is 0 Å². The second kappa shape index (κ2) is 11.5. The van der Waals surface area contributed by atoms with Crippen molar-refractivity contribution in [1.29, 1.82) is 0 Å². The maximum Gasteiger partial charge on any atom is 0.294 e. The number of amides is 3. The molecule has 0 spiro atoms. The molecule has 9 nitrogen and oxygen atoms in total. The molecule has 3 amide bonds. The van der Waals surface area contributed by atoms with Gasteiger partial charge in [-0.1, -0.05) is 18.2 Å². The molecule has 2 aliphatic rings. The van der Waals surface area contributed by atoms with Crippen LogP contribution in [0.4, 0.5) is 16.2 Å². The van der Waals surface area contributed by atoms with Gasteiger partial charge in [0, 0.05) is 13.1 Å². The van der Waals surface area contributed by atoms with E-state index in [9.17, 15) is 14.4 Å². The molecule has 2 aromatic rings. The second-order valence-electron chi connectivity index (χ2n) is 8.51. The van der Waals surface area contributed by atoms with E-state index in [1.165, 1.54) is 7.11 Å². The smallest absolute Gasteiger partial charge is 0.294 e. The lowest BCUT2D eigenvalue weighted by atomic mass is 10.2. The third-order valence-corrected chi connectivity index (χ3v) is 6.46. The Morgan fingerprint density at radius 2 is 1.89 bits per heavy atom. The monoisotopic (exact) mass is 511 g/mol. The SMILES string of the molecule is COc1cc(/C=C2\SC(=O)N(CC(=O)Nc3ccccc3N3CCOCC3)C2=O)ccc1OC(C)C. The van der Waals surface area contributed by atoms with Crippen LogP contribution in [0, 0.1) is 0 Å². The minimum absolute atomic E-state index is 0.0202. The van der Waals surface area contributed by atoms with Gasteiger partial charge in [0.25, 0.3) is 11.1 Å². The summed E-state index contributed by atoms with van der Waals surface area (Å²) in [6, 6.07) is 12.7. The van der Waals surface area contributed by atoms with E-state index in [2.05, 4.69) is 10.2 Å². The lowest BCUT2D eigenvalue weighted by Crippen LogP contribution is -2.38. The summed E-state index contributed by atoms with van der Waals surface area (Å²) < 4.78 is 16.5. The first-order chi connectivity index (χ1) is 17.4. The summed E-state index contributed by atoms with van der Waals surface area (Å²) in [7, 11) is 1.54. The molecule has 0 bridgehead atoms. The molecule has 2 saturated heterocycles. The first-order valence-electron chi connectivity index (χ1n) is 11.7. The number of hydrogen-bond acceptors (Lipinski definition) is 8. The number of anilines is 2. The summed E-state index contributed by atoms with van der Waals surface area (Å²) in [5.41, 5.74) is 2.18. The van der Waals surface area contributed by atoms with Crippen LogP contribution < -0.4 is 19.7 Å². The molecule has 36 heavy (non-hydrogen) atoms. The molecule has 0 aliphatic carbocycles. The van der Waals surface area contributed by atoms with E-state index in [0.717, 1.165) is 35.4 Å². The molecule has 0 radical (unpaired) electrons. The van der Waals surface area contributed by atoms with Crippen molar-refractivity contribution in [2.45, 2.75) is 20.0 Å². The van der Waals surface area contributed by atoms with E-state index in [1.807, 2.05) is 32.0 Å². The van der Waals surface area contributed by atoms with Crippen LogP contribution in [0.15, 0.2) is 47.4 Å². The first kappa shape index (κ1) is 25.6. The molecule has 1 N–H and O–H groups in total. The molecule has 2 fully saturated rings. The quantitative estimate of drug-likeness (QED) is 0.532. The Kier molecular flexibility index (Phi) is 8.17. The highest BCUT2D eigenvalue weighted by molar-refractivity contribution is 8.18. The maximum atomic E-state index is 12.9. The maximum absolute atomic E-state index is 12.9. The molecule has 2 heterocycles. The number of ether oxygens (including phenoxy) is 3. The average molecular weight is 512 g/mol. The van der Waals surface area contributed by atoms with Crippen molar-refractivity contribution >= 4 is 46.3 Å². The number of hydrogen-bond donors (Lipinski definition) is 1. The van der Waals surface area contributed by atoms with Gasteiger partial charge in [0.1, 0.15) is 6.54 Å². The normalized spacial score (nSPS) is 17.2. The third-order valence-electron chi connectivity index (χ3n) is 5.55. The number of imide groups is 1. The van der Waals surface area contributed by atoms with Crippen molar-refractivity contribution in [1.82, 2.24) is 4.90 Å². The van der Waals surface area contributed by atoms with Crippen molar-refractivity contribution < 1.29 is 28.6 Å². The van der Waals surface area contributed by atoms with Gasteiger partial charge in [-0.2, -0.15) is 0 Å². The molecule has 0 atom stereocenters. The molecule has 0 unspecified atom stereocenters. The van der Waals surface area contributed by atoms with E-state index in [-0.39, 0.29) is 17.6 Å². The highest BCUT2D eigenvalue weighted by Gasteiger charge is 2.36. The van der Waals surface area contributed by atoms with Gasteiger partial charge < -0.3 is 24.4 Å². The van der Waals surface area contributed by atoms with Gasteiger partial charge in [-0.25, -0.2) is 0 Å². The topological polar surface area (TPSA) is 97.4 Å². The molecule has 4 rings (SSSR count). The number of carbonyl (C=O) groups is 3. The van der Waals surface area contributed by atoms with E-state index < -0.39 is 17.1 Å². The summed E-state index contributed by atoms with van der Waals surface area (Å²) >= 11 is 0.803. The zero-order valence-corrected chi connectivity index (χ0v) is 21.3. The fourth-order valence-corrected chi connectivity index (χ4v) is 4.74. The Labute approximate surface area is 214 Å².